The van der Waals surface area contributed by atoms with Crippen molar-refractivity contribution in [2.45, 2.75) is 25.9 Å². The lowest BCUT2D eigenvalue weighted by molar-refractivity contribution is -0.130. The first kappa shape index (κ1) is 17.1. The average Bonchev–Trinajstić information content (AvgIpc) is 2.66. The number of hydrogen-bond acceptors (Lipinski definition) is 4. The summed E-state index contributed by atoms with van der Waals surface area (Å²) in [6.45, 7) is 3.48. The number of rotatable bonds is 7. The highest BCUT2D eigenvalue weighted by molar-refractivity contribution is 5.81. The summed E-state index contributed by atoms with van der Waals surface area (Å²) in [6, 6.07) is 15.4. The van der Waals surface area contributed by atoms with Crippen molar-refractivity contribution in [1.82, 2.24) is 5.32 Å². The van der Waals surface area contributed by atoms with Crippen molar-refractivity contribution in [2.75, 3.05) is 19.8 Å². The number of fused-ring (bicyclic) bond motifs is 1. The molecule has 0 radical (unpaired) electrons. The van der Waals surface area contributed by atoms with Crippen LogP contribution in [0.15, 0.2) is 48.5 Å². The van der Waals surface area contributed by atoms with Gasteiger partial charge in [-0.15, -0.1) is 0 Å². The molecular formula is C20H23NO4. The Bertz CT molecular complexity index is 699. The SMILES string of the molecule is CCOc1ccc(CCCNC(=O)[C@@H]2COc3ccccc3O2)cc1. The van der Waals surface area contributed by atoms with Crippen LogP contribution >= 0.6 is 0 Å². The lowest BCUT2D eigenvalue weighted by Gasteiger charge is -2.25. The molecule has 25 heavy (non-hydrogen) atoms. The molecule has 1 amide bonds. The van der Waals surface area contributed by atoms with Gasteiger partial charge in [0.2, 0.25) is 6.10 Å². The van der Waals surface area contributed by atoms with Crippen LogP contribution < -0.4 is 19.5 Å². The minimum atomic E-state index is -0.597. The quantitative estimate of drug-likeness (QED) is 0.787. The normalized spacial score (nSPS) is 15.5. The van der Waals surface area contributed by atoms with E-state index >= 15 is 0 Å². The summed E-state index contributed by atoms with van der Waals surface area (Å²) >= 11 is 0. The van der Waals surface area contributed by atoms with Gasteiger partial charge in [0.05, 0.1) is 6.61 Å². The molecule has 0 saturated carbocycles. The van der Waals surface area contributed by atoms with Gasteiger partial charge < -0.3 is 19.5 Å². The Kier molecular flexibility index (Phi) is 5.77. The predicted octanol–water partition coefficient (Wildman–Crippen LogP) is 2.97. The standard InChI is InChI=1S/C20H23NO4/c1-2-23-16-11-9-15(10-12-16)6-5-13-21-20(22)19-14-24-17-7-3-4-8-18(17)25-19/h3-4,7-12,19H,2,5-6,13-14H2,1H3,(H,21,22)/t19-/m0/s1. The summed E-state index contributed by atoms with van der Waals surface area (Å²) in [5.41, 5.74) is 1.23. The number of benzene rings is 2. The van der Waals surface area contributed by atoms with E-state index in [4.69, 9.17) is 14.2 Å². The van der Waals surface area contributed by atoms with Crippen LogP contribution in [0.3, 0.4) is 0 Å². The van der Waals surface area contributed by atoms with Gasteiger partial charge in [-0.3, -0.25) is 4.79 Å². The monoisotopic (exact) mass is 341 g/mol. The van der Waals surface area contributed by atoms with Gasteiger partial charge in [0.15, 0.2) is 11.5 Å². The van der Waals surface area contributed by atoms with E-state index in [2.05, 4.69) is 17.4 Å². The summed E-state index contributed by atoms with van der Waals surface area (Å²) in [6.07, 6.45) is 1.17. The van der Waals surface area contributed by atoms with E-state index in [1.165, 1.54) is 5.56 Å². The lowest BCUT2D eigenvalue weighted by atomic mass is 10.1. The molecule has 0 spiro atoms. The number of carbonyl (C=O) groups is 1. The molecular weight excluding hydrogens is 318 g/mol. The molecule has 1 aliphatic rings. The van der Waals surface area contributed by atoms with E-state index in [0.717, 1.165) is 18.6 Å². The molecule has 0 aromatic heterocycles. The maximum absolute atomic E-state index is 12.2. The summed E-state index contributed by atoms with van der Waals surface area (Å²) in [5.74, 6) is 2.04. The number of para-hydroxylation sites is 2. The van der Waals surface area contributed by atoms with Gasteiger partial charge in [-0.05, 0) is 49.6 Å². The first-order valence-corrected chi connectivity index (χ1v) is 8.64. The highest BCUT2D eigenvalue weighted by atomic mass is 16.6. The third-order valence-electron chi connectivity index (χ3n) is 3.98. The molecule has 1 aliphatic heterocycles. The zero-order valence-corrected chi connectivity index (χ0v) is 14.4. The van der Waals surface area contributed by atoms with E-state index in [1.54, 1.807) is 6.07 Å². The van der Waals surface area contributed by atoms with Crippen LogP contribution in [0.1, 0.15) is 18.9 Å². The smallest absolute Gasteiger partial charge is 0.264 e. The van der Waals surface area contributed by atoms with Gasteiger partial charge in [-0.25, -0.2) is 0 Å². The fraction of sp³-hybridized carbons (Fsp3) is 0.350. The third kappa shape index (κ3) is 4.66. The molecule has 2 aromatic rings. The van der Waals surface area contributed by atoms with Crippen molar-refractivity contribution in [1.29, 1.82) is 0 Å². The Morgan fingerprint density at radius 3 is 2.68 bits per heavy atom. The Morgan fingerprint density at radius 2 is 1.92 bits per heavy atom. The largest absolute Gasteiger partial charge is 0.494 e. The fourth-order valence-electron chi connectivity index (χ4n) is 2.69. The summed E-state index contributed by atoms with van der Waals surface area (Å²) < 4.78 is 16.7. The van der Waals surface area contributed by atoms with Crippen molar-refractivity contribution in [3.63, 3.8) is 0 Å². The lowest BCUT2D eigenvalue weighted by Crippen LogP contribution is -2.44. The number of hydrogen-bond donors (Lipinski definition) is 1. The molecule has 0 bridgehead atoms. The summed E-state index contributed by atoms with van der Waals surface area (Å²) in [5, 5.41) is 2.92. The van der Waals surface area contributed by atoms with Crippen LogP contribution in [0.4, 0.5) is 0 Å². The van der Waals surface area contributed by atoms with E-state index in [1.807, 2.05) is 37.3 Å². The van der Waals surface area contributed by atoms with Gasteiger partial charge in [0.25, 0.3) is 5.91 Å². The van der Waals surface area contributed by atoms with Crippen LogP contribution in [0.5, 0.6) is 17.2 Å². The van der Waals surface area contributed by atoms with Gasteiger partial charge in [-0.2, -0.15) is 0 Å². The second-order valence-electron chi connectivity index (χ2n) is 5.84. The molecule has 0 fully saturated rings. The van der Waals surface area contributed by atoms with Crippen LogP contribution in [-0.2, 0) is 11.2 Å². The Hall–Kier alpha value is -2.69. The van der Waals surface area contributed by atoms with Crippen molar-refractivity contribution < 1.29 is 19.0 Å². The van der Waals surface area contributed by atoms with Gasteiger partial charge >= 0.3 is 0 Å². The van der Waals surface area contributed by atoms with Crippen LogP contribution in [0.25, 0.3) is 0 Å². The topological polar surface area (TPSA) is 56.8 Å². The van der Waals surface area contributed by atoms with Crippen LogP contribution in [0.2, 0.25) is 0 Å². The Morgan fingerprint density at radius 1 is 1.16 bits per heavy atom. The fourth-order valence-corrected chi connectivity index (χ4v) is 2.69. The van der Waals surface area contributed by atoms with Gasteiger partial charge in [0.1, 0.15) is 12.4 Å². The van der Waals surface area contributed by atoms with Crippen molar-refractivity contribution in [2.24, 2.45) is 0 Å². The zero-order valence-electron chi connectivity index (χ0n) is 14.4. The van der Waals surface area contributed by atoms with Crippen molar-refractivity contribution in [3.8, 4) is 17.2 Å². The molecule has 0 aliphatic carbocycles. The molecule has 2 aromatic carbocycles. The second kappa shape index (κ2) is 8.42. The van der Waals surface area contributed by atoms with Gasteiger partial charge in [-0.1, -0.05) is 24.3 Å². The molecule has 1 heterocycles. The van der Waals surface area contributed by atoms with Crippen molar-refractivity contribution >= 4 is 5.91 Å². The Balaban J connectivity index is 1.40. The number of nitrogens with one attached hydrogen (secondary N) is 1. The summed E-state index contributed by atoms with van der Waals surface area (Å²) in [7, 11) is 0. The maximum Gasteiger partial charge on any atom is 0.264 e. The zero-order chi connectivity index (χ0) is 17.5. The van der Waals surface area contributed by atoms with Crippen LogP contribution in [-0.4, -0.2) is 31.8 Å². The highest BCUT2D eigenvalue weighted by Gasteiger charge is 2.26. The number of carbonyl (C=O) groups excluding carboxylic acids is 1. The highest BCUT2D eigenvalue weighted by Crippen LogP contribution is 2.30. The number of ether oxygens (including phenoxy) is 3. The predicted molar refractivity (Wildman–Crippen MR) is 95.3 cm³/mol. The molecule has 5 nitrogen and oxygen atoms in total. The van der Waals surface area contributed by atoms with Gasteiger partial charge in [0, 0.05) is 6.54 Å². The van der Waals surface area contributed by atoms with Crippen molar-refractivity contribution in [3.05, 3.63) is 54.1 Å². The molecule has 5 heteroatoms. The minimum Gasteiger partial charge on any atom is -0.494 e. The molecule has 3 rings (SSSR count). The number of amides is 1. The minimum absolute atomic E-state index is 0.138. The van der Waals surface area contributed by atoms with E-state index in [-0.39, 0.29) is 12.5 Å². The summed E-state index contributed by atoms with van der Waals surface area (Å²) in [4.78, 5) is 12.2. The second-order valence-corrected chi connectivity index (χ2v) is 5.84. The Labute approximate surface area is 147 Å². The molecule has 0 unspecified atom stereocenters. The number of aryl methyl sites for hydroxylation is 1. The molecule has 132 valence electrons. The van der Waals surface area contributed by atoms with E-state index in [9.17, 15) is 4.79 Å². The average molecular weight is 341 g/mol. The van der Waals surface area contributed by atoms with Crippen LogP contribution in [0, 0.1) is 0 Å². The molecule has 1 N–H and O–H groups in total. The molecule has 0 saturated heterocycles. The first-order valence-electron chi connectivity index (χ1n) is 8.64. The maximum atomic E-state index is 12.2. The molecule has 1 atom stereocenters. The third-order valence-corrected chi connectivity index (χ3v) is 3.98. The first-order chi connectivity index (χ1) is 12.3. The van der Waals surface area contributed by atoms with E-state index in [0.29, 0.717) is 24.7 Å². The van der Waals surface area contributed by atoms with E-state index < -0.39 is 6.10 Å².